The van der Waals surface area contributed by atoms with Gasteiger partial charge in [0.1, 0.15) is 0 Å². The van der Waals surface area contributed by atoms with Crippen molar-refractivity contribution in [3.63, 3.8) is 0 Å². The molecule has 7 nitrogen and oxygen atoms in total. The highest BCUT2D eigenvalue weighted by Crippen LogP contribution is 2.29. The number of nitrogens with zero attached hydrogens (tertiary/aromatic N) is 1. The summed E-state index contributed by atoms with van der Waals surface area (Å²) >= 11 is 0. The quantitative estimate of drug-likeness (QED) is 0.344. The van der Waals surface area contributed by atoms with Crippen molar-refractivity contribution < 1.29 is 19.6 Å². The molecule has 0 aromatic heterocycles. The third-order valence-electron chi connectivity index (χ3n) is 5.15. The number of carbonyl (C=O) groups is 3. The first-order valence-corrected chi connectivity index (χ1v) is 9.70. The van der Waals surface area contributed by atoms with Gasteiger partial charge in [-0.2, -0.15) is 0 Å². The van der Waals surface area contributed by atoms with E-state index >= 15 is 0 Å². The van der Waals surface area contributed by atoms with Crippen LogP contribution in [0.4, 0.5) is 5.69 Å². The molecule has 7 heteroatoms. The molecule has 0 unspecified atom stereocenters. The zero-order valence-electron chi connectivity index (χ0n) is 17.1. The van der Waals surface area contributed by atoms with Gasteiger partial charge in [-0.15, -0.1) is 0 Å². The molecule has 1 aliphatic rings. The van der Waals surface area contributed by atoms with Gasteiger partial charge >= 0.3 is 0 Å². The van der Waals surface area contributed by atoms with Crippen molar-refractivity contribution in [2.75, 3.05) is 19.4 Å². The molecule has 3 amide bonds. The molecular formula is C24H21N3O4. The Bertz CT molecular complexity index is 1200. The number of anilines is 1. The molecule has 3 N–H and O–H groups in total. The molecule has 1 aliphatic carbocycles. The maximum Gasteiger partial charge on any atom is 0.274 e. The molecule has 0 radical (unpaired) electrons. The van der Waals surface area contributed by atoms with Crippen LogP contribution < -0.4 is 10.8 Å². The zero-order chi connectivity index (χ0) is 22.1. The number of fused-ring (bicyclic) bond motifs is 1. The summed E-state index contributed by atoms with van der Waals surface area (Å²) < 4.78 is 0. The van der Waals surface area contributed by atoms with E-state index in [1.165, 1.54) is 16.0 Å². The second-order valence-electron chi connectivity index (χ2n) is 7.63. The molecule has 156 valence electrons. The highest BCUT2D eigenvalue weighted by atomic mass is 16.5. The Morgan fingerprint density at radius 3 is 2.13 bits per heavy atom. The van der Waals surface area contributed by atoms with E-state index in [1.807, 2.05) is 12.1 Å². The summed E-state index contributed by atoms with van der Waals surface area (Å²) in [4.78, 5) is 38.4. The predicted molar refractivity (Wildman–Crippen MR) is 116 cm³/mol. The first-order chi connectivity index (χ1) is 14.9. The number of benzene rings is 3. The van der Waals surface area contributed by atoms with Crippen LogP contribution in [0.25, 0.3) is 11.1 Å². The van der Waals surface area contributed by atoms with Crippen molar-refractivity contribution in [3.05, 3.63) is 88.5 Å². The standard InChI is InChI=1S/C24H21N3O4/c1-27(2)24(30)20-11-19(14-3-5-15(6-4-14)23(29)26-31)12-21(13-20)25-22(28)17-8-7-16-9-18(16)10-17/h3-8,10-13,31H,9H2,1-2H3,(H,25,28)(H,26,29). The summed E-state index contributed by atoms with van der Waals surface area (Å²) in [6, 6.07) is 17.3. The van der Waals surface area contributed by atoms with Crippen LogP contribution in [0, 0.1) is 0 Å². The predicted octanol–water partition coefficient (Wildman–Crippen LogP) is 3.33. The number of nitrogens with one attached hydrogen (secondary N) is 2. The second-order valence-corrected chi connectivity index (χ2v) is 7.63. The SMILES string of the molecule is CN(C)C(=O)c1cc(NC(=O)c2ccc3c(c2)C3)cc(-c2ccc(C(=O)NO)cc2)c1. The summed E-state index contributed by atoms with van der Waals surface area (Å²) in [6.07, 6.45) is 0.925. The van der Waals surface area contributed by atoms with E-state index in [9.17, 15) is 14.4 Å². The van der Waals surface area contributed by atoms with E-state index < -0.39 is 5.91 Å². The van der Waals surface area contributed by atoms with Gasteiger partial charge in [0, 0.05) is 36.5 Å². The van der Waals surface area contributed by atoms with E-state index in [0.29, 0.717) is 27.9 Å². The lowest BCUT2D eigenvalue weighted by Crippen LogP contribution is -2.22. The van der Waals surface area contributed by atoms with Gasteiger partial charge in [-0.05, 0) is 71.1 Å². The van der Waals surface area contributed by atoms with Crippen LogP contribution in [-0.4, -0.2) is 41.9 Å². The van der Waals surface area contributed by atoms with Gasteiger partial charge in [-0.3, -0.25) is 19.6 Å². The lowest BCUT2D eigenvalue weighted by Gasteiger charge is -2.14. The topological polar surface area (TPSA) is 98.7 Å². The molecule has 0 heterocycles. The normalized spacial score (nSPS) is 11.3. The molecule has 4 rings (SSSR count). The van der Waals surface area contributed by atoms with E-state index in [4.69, 9.17) is 5.21 Å². The molecule has 0 bridgehead atoms. The fourth-order valence-corrected chi connectivity index (χ4v) is 3.37. The van der Waals surface area contributed by atoms with Gasteiger partial charge in [0.15, 0.2) is 0 Å². The number of hydrogen-bond donors (Lipinski definition) is 3. The highest BCUT2D eigenvalue weighted by molar-refractivity contribution is 6.06. The molecule has 0 aliphatic heterocycles. The first kappa shape index (κ1) is 20.3. The van der Waals surface area contributed by atoms with Crippen molar-refractivity contribution in [1.82, 2.24) is 10.4 Å². The molecule has 0 fully saturated rings. The van der Waals surface area contributed by atoms with Crippen LogP contribution in [0.3, 0.4) is 0 Å². The van der Waals surface area contributed by atoms with Crippen molar-refractivity contribution in [1.29, 1.82) is 0 Å². The van der Waals surface area contributed by atoms with E-state index in [-0.39, 0.29) is 11.8 Å². The number of rotatable bonds is 5. The Hall–Kier alpha value is -3.97. The van der Waals surface area contributed by atoms with Crippen LogP contribution in [0.1, 0.15) is 42.2 Å². The van der Waals surface area contributed by atoms with Crippen molar-refractivity contribution >= 4 is 23.4 Å². The van der Waals surface area contributed by atoms with Crippen LogP contribution in [0.2, 0.25) is 0 Å². The maximum absolute atomic E-state index is 12.7. The lowest BCUT2D eigenvalue weighted by molar-refractivity contribution is 0.0706. The fraction of sp³-hybridized carbons (Fsp3) is 0.125. The summed E-state index contributed by atoms with van der Waals surface area (Å²) in [7, 11) is 3.32. The summed E-state index contributed by atoms with van der Waals surface area (Å²) in [5.74, 6) is -1.05. The average molecular weight is 415 g/mol. The molecular weight excluding hydrogens is 394 g/mol. The summed E-state index contributed by atoms with van der Waals surface area (Å²) in [5.41, 5.74) is 7.28. The van der Waals surface area contributed by atoms with Crippen molar-refractivity contribution in [2.45, 2.75) is 6.42 Å². The Balaban J connectivity index is 1.68. The van der Waals surface area contributed by atoms with E-state index in [2.05, 4.69) is 5.32 Å². The minimum Gasteiger partial charge on any atom is -0.345 e. The molecule has 3 aromatic rings. The Kier molecular flexibility index (Phi) is 5.27. The summed E-state index contributed by atoms with van der Waals surface area (Å²) in [5, 5.41) is 11.7. The molecule has 3 aromatic carbocycles. The Morgan fingerprint density at radius 2 is 1.48 bits per heavy atom. The third kappa shape index (κ3) is 4.31. The van der Waals surface area contributed by atoms with Crippen LogP contribution >= 0.6 is 0 Å². The minimum absolute atomic E-state index is 0.196. The molecule has 0 atom stereocenters. The van der Waals surface area contributed by atoms with Gasteiger partial charge in [-0.25, -0.2) is 5.48 Å². The van der Waals surface area contributed by atoms with Crippen molar-refractivity contribution in [2.24, 2.45) is 0 Å². The second kappa shape index (κ2) is 8.04. The number of hydroxylamine groups is 1. The monoisotopic (exact) mass is 415 g/mol. The van der Waals surface area contributed by atoms with Crippen LogP contribution in [0.5, 0.6) is 0 Å². The zero-order valence-corrected chi connectivity index (χ0v) is 17.1. The number of carbonyl (C=O) groups excluding carboxylic acids is 3. The van der Waals surface area contributed by atoms with E-state index in [0.717, 1.165) is 12.0 Å². The molecule has 0 saturated heterocycles. The lowest BCUT2D eigenvalue weighted by atomic mass is 10.00. The van der Waals surface area contributed by atoms with Gasteiger partial charge in [0.2, 0.25) is 0 Å². The smallest absolute Gasteiger partial charge is 0.274 e. The average Bonchev–Trinajstić information content (AvgIpc) is 3.56. The van der Waals surface area contributed by atoms with E-state index in [1.54, 1.807) is 68.1 Å². The minimum atomic E-state index is -0.612. The summed E-state index contributed by atoms with van der Waals surface area (Å²) in [6.45, 7) is 0. The number of amides is 3. The maximum atomic E-state index is 12.7. The fourth-order valence-electron chi connectivity index (χ4n) is 3.37. The van der Waals surface area contributed by atoms with Gasteiger partial charge < -0.3 is 10.2 Å². The Labute approximate surface area is 179 Å². The van der Waals surface area contributed by atoms with Crippen LogP contribution in [0.15, 0.2) is 60.7 Å². The van der Waals surface area contributed by atoms with Gasteiger partial charge in [0.25, 0.3) is 17.7 Å². The van der Waals surface area contributed by atoms with Gasteiger partial charge in [-0.1, -0.05) is 18.2 Å². The molecule has 0 spiro atoms. The highest BCUT2D eigenvalue weighted by Gasteiger charge is 2.19. The third-order valence-corrected chi connectivity index (χ3v) is 5.15. The molecule has 31 heavy (non-hydrogen) atoms. The van der Waals surface area contributed by atoms with Crippen molar-refractivity contribution in [3.8, 4) is 11.1 Å². The van der Waals surface area contributed by atoms with Gasteiger partial charge in [0.05, 0.1) is 0 Å². The van der Waals surface area contributed by atoms with Crippen LogP contribution in [-0.2, 0) is 6.42 Å². The largest absolute Gasteiger partial charge is 0.345 e. The number of hydrogen-bond acceptors (Lipinski definition) is 4. The Morgan fingerprint density at radius 1 is 0.774 bits per heavy atom. The first-order valence-electron chi connectivity index (χ1n) is 9.70. The molecule has 0 saturated carbocycles.